The fraction of sp³-hybridized carbons (Fsp3) is 0.125. The molecule has 78 valence electrons. The maximum Gasteiger partial charge on any atom is 0.206 e. The molecular formula is C8H10N6O. The molecule has 0 radical (unpaired) electrons. The number of hydrogen-bond donors (Lipinski definition) is 2. The van der Waals surface area contributed by atoms with E-state index < -0.39 is 0 Å². The molecule has 3 N–H and O–H groups in total. The Morgan fingerprint density at radius 1 is 1.47 bits per heavy atom. The second kappa shape index (κ2) is 3.93. The highest BCUT2D eigenvalue weighted by Crippen LogP contribution is 2.26. The minimum atomic E-state index is 0.427. The summed E-state index contributed by atoms with van der Waals surface area (Å²) >= 11 is 0. The van der Waals surface area contributed by atoms with Crippen molar-refractivity contribution in [1.29, 1.82) is 0 Å². The molecule has 2 aromatic heterocycles. The normalized spacial score (nSPS) is 10.0. The van der Waals surface area contributed by atoms with Gasteiger partial charge in [0, 0.05) is 12.4 Å². The quantitative estimate of drug-likeness (QED) is 0.540. The van der Waals surface area contributed by atoms with E-state index >= 15 is 0 Å². The van der Waals surface area contributed by atoms with Gasteiger partial charge in [0.2, 0.25) is 5.75 Å². The van der Waals surface area contributed by atoms with Gasteiger partial charge in [-0.25, -0.2) is 20.8 Å². The Bertz CT molecular complexity index is 440. The van der Waals surface area contributed by atoms with Gasteiger partial charge in [-0.1, -0.05) is 0 Å². The smallest absolute Gasteiger partial charge is 0.206 e. The van der Waals surface area contributed by atoms with Crippen molar-refractivity contribution in [2.45, 2.75) is 0 Å². The van der Waals surface area contributed by atoms with Gasteiger partial charge in [0.15, 0.2) is 11.6 Å². The SMILES string of the molecule is COc1c(NN)ncnc1-n1ccnc1. The van der Waals surface area contributed by atoms with E-state index in [0.29, 0.717) is 17.4 Å². The molecular weight excluding hydrogens is 196 g/mol. The highest BCUT2D eigenvalue weighted by molar-refractivity contribution is 5.57. The number of imidazole rings is 1. The molecule has 0 saturated carbocycles. The fourth-order valence-electron chi connectivity index (χ4n) is 1.22. The van der Waals surface area contributed by atoms with E-state index in [1.807, 2.05) is 0 Å². The number of nitrogens with zero attached hydrogens (tertiary/aromatic N) is 4. The maximum absolute atomic E-state index is 5.30. The third kappa shape index (κ3) is 1.59. The predicted octanol–water partition coefficient (Wildman–Crippen LogP) is -0.0435. The molecule has 0 saturated heterocycles. The van der Waals surface area contributed by atoms with E-state index in [1.165, 1.54) is 13.4 Å². The van der Waals surface area contributed by atoms with Gasteiger partial charge in [-0.3, -0.25) is 4.57 Å². The number of rotatable bonds is 3. The first-order chi connectivity index (χ1) is 7.36. The molecule has 0 bridgehead atoms. The van der Waals surface area contributed by atoms with Crippen molar-refractivity contribution in [3.05, 3.63) is 25.0 Å². The summed E-state index contributed by atoms with van der Waals surface area (Å²) in [6, 6.07) is 0. The minimum Gasteiger partial charge on any atom is -0.490 e. The van der Waals surface area contributed by atoms with Crippen molar-refractivity contribution < 1.29 is 4.74 Å². The van der Waals surface area contributed by atoms with E-state index in [4.69, 9.17) is 10.6 Å². The lowest BCUT2D eigenvalue weighted by Crippen LogP contribution is -2.12. The first-order valence-corrected chi connectivity index (χ1v) is 4.20. The van der Waals surface area contributed by atoms with Crippen molar-refractivity contribution in [2.75, 3.05) is 12.5 Å². The molecule has 7 nitrogen and oxygen atoms in total. The molecule has 0 aliphatic carbocycles. The predicted molar refractivity (Wildman–Crippen MR) is 53.5 cm³/mol. The van der Waals surface area contributed by atoms with E-state index in [1.54, 1.807) is 23.3 Å². The van der Waals surface area contributed by atoms with Crippen LogP contribution in [0, 0.1) is 0 Å². The number of hydrogen-bond acceptors (Lipinski definition) is 6. The van der Waals surface area contributed by atoms with Gasteiger partial charge in [0.1, 0.15) is 12.7 Å². The number of ether oxygens (including phenoxy) is 1. The van der Waals surface area contributed by atoms with Crippen LogP contribution in [0.2, 0.25) is 0 Å². The van der Waals surface area contributed by atoms with E-state index in [2.05, 4.69) is 20.4 Å². The first-order valence-electron chi connectivity index (χ1n) is 4.20. The van der Waals surface area contributed by atoms with Crippen LogP contribution in [-0.4, -0.2) is 26.6 Å². The summed E-state index contributed by atoms with van der Waals surface area (Å²) in [7, 11) is 1.53. The molecule has 0 aromatic carbocycles. The zero-order valence-electron chi connectivity index (χ0n) is 8.08. The zero-order chi connectivity index (χ0) is 10.7. The van der Waals surface area contributed by atoms with Gasteiger partial charge < -0.3 is 10.2 Å². The van der Waals surface area contributed by atoms with Gasteiger partial charge >= 0.3 is 0 Å². The molecule has 0 unspecified atom stereocenters. The summed E-state index contributed by atoms with van der Waals surface area (Å²) in [6.07, 6.45) is 6.42. The van der Waals surface area contributed by atoms with Crippen LogP contribution in [0.3, 0.4) is 0 Å². The Morgan fingerprint density at radius 3 is 2.93 bits per heavy atom. The highest BCUT2D eigenvalue weighted by atomic mass is 16.5. The fourth-order valence-corrected chi connectivity index (χ4v) is 1.22. The van der Waals surface area contributed by atoms with E-state index in [9.17, 15) is 0 Å². The zero-order valence-corrected chi connectivity index (χ0v) is 8.08. The molecule has 0 atom stereocenters. The minimum absolute atomic E-state index is 0.427. The second-order valence-electron chi connectivity index (χ2n) is 2.69. The largest absolute Gasteiger partial charge is 0.490 e. The van der Waals surface area contributed by atoms with Crippen LogP contribution >= 0.6 is 0 Å². The third-order valence-corrected chi connectivity index (χ3v) is 1.87. The Hall–Kier alpha value is -2.15. The average Bonchev–Trinajstić information content (AvgIpc) is 2.81. The molecule has 2 rings (SSSR count). The van der Waals surface area contributed by atoms with Crippen molar-refractivity contribution >= 4 is 5.82 Å². The Kier molecular flexibility index (Phi) is 2.46. The number of hydrazine groups is 1. The lowest BCUT2D eigenvalue weighted by Gasteiger charge is -2.10. The van der Waals surface area contributed by atoms with Crippen LogP contribution in [0.5, 0.6) is 5.75 Å². The first kappa shape index (κ1) is 9.41. The summed E-state index contributed by atoms with van der Waals surface area (Å²) in [5.74, 6) is 6.78. The standard InChI is InChI=1S/C8H10N6O/c1-15-6-7(13-9)11-4-12-8(6)14-3-2-10-5-14/h2-5H,9H2,1H3,(H,11,12,13). The van der Waals surface area contributed by atoms with Crippen molar-refractivity contribution in [3.8, 4) is 11.6 Å². The molecule has 15 heavy (non-hydrogen) atoms. The van der Waals surface area contributed by atoms with Crippen LogP contribution in [0.15, 0.2) is 25.0 Å². The summed E-state index contributed by atoms with van der Waals surface area (Å²) in [6.45, 7) is 0. The molecule has 0 fully saturated rings. The summed E-state index contributed by atoms with van der Waals surface area (Å²) < 4.78 is 6.88. The van der Waals surface area contributed by atoms with Gasteiger partial charge in [-0.15, -0.1) is 0 Å². The lowest BCUT2D eigenvalue weighted by molar-refractivity contribution is 0.410. The number of nitrogen functional groups attached to an aromatic ring is 1. The molecule has 2 aromatic rings. The van der Waals surface area contributed by atoms with Gasteiger partial charge in [-0.2, -0.15) is 0 Å². The molecule has 0 aliphatic heterocycles. The van der Waals surface area contributed by atoms with Gasteiger partial charge in [0.05, 0.1) is 7.11 Å². The van der Waals surface area contributed by atoms with E-state index in [-0.39, 0.29) is 0 Å². The number of methoxy groups -OCH3 is 1. The van der Waals surface area contributed by atoms with Crippen LogP contribution in [0.1, 0.15) is 0 Å². The molecule has 2 heterocycles. The van der Waals surface area contributed by atoms with Crippen LogP contribution < -0.4 is 16.0 Å². The van der Waals surface area contributed by atoms with Crippen molar-refractivity contribution in [2.24, 2.45) is 5.84 Å². The topological polar surface area (TPSA) is 90.9 Å². The Morgan fingerprint density at radius 2 is 2.33 bits per heavy atom. The number of anilines is 1. The van der Waals surface area contributed by atoms with Crippen LogP contribution in [-0.2, 0) is 0 Å². The molecule has 7 heteroatoms. The third-order valence-electron chi connectivity index (χ3n) is 1.87. The Balaban J connectivity index is 2.56. The summed E-state index contributed by atoms with van der Waals surface area (Å²) in [5, 5.41) is 0. The number of nitrogens with one attached hydrogen (secondary N) is 1. The number of aromatic nitrogens is 4. The average molecular weight is 206 g/mol. The molecule has 0 spiro atoms. The highest BCUT2D eigenvalue weighted by Gasteiger charge is 2.12. The summed E-state index contributed by atoms with van der Waals surface area (Å²) in [5.41, 5.74) is 2.44. The molecule has 0 aliphatic rings. The number of nitrogens with two attached hydrogens (primary N) is 1. The Labute approximate surface area is 85.9 Å². The van der Waals surface area contributed by atoms with Crippen molar-refractivity contribution in [1.82, 2.24) is 19.5 Å². The van der Waals surface area contributed by atoms with Gasteiger partial charge in [0.25, 0.3) is 0 Å². The maximum atomic E-state index is 5.30. The lowest BCUT2D eigenvalue weighted by atomic mass is 10.4. The summed E-state index contributed by atoms with van der Waals surface area (Å²) in [4.78, 5) is 11.9. The second-order valence-corrected chi connectivity index (χ2v) is 2.69. The van der Waals surface area contributed by atoms with Crippen LogP contribution in [0.4, 0.5) is 5.82 Å². The van der Waals surface area contributed by atoms with E-state index in [0.717, 1.165) is 0 Å². The monoisotopic (exact) mass is 206 g/mol. The van der Waals surface area contributed by atoms with Crippen LogP contribution in [0.25, 0.3) is 5.82 Å². The van der Waals surface area contributed by atoms with Crippen molar-refractivity contribution in [3.63, 3.8) is 0 Å². The van der Waals surface area contributed by atoms with Gasteiger partial charge in [-0.05, 0) is 0 Å². The molecule has 0 amide bonds.